The lowest BCUT2D eigenvalue weighted by atomic mass is 10.0. The highest BCUT2D eigenvalue weighted by molar-refractivity contribution is 5.93. The maximum absolute atomic E-state index is 12.3. The number of rotatable bonds is 5. The quantitative estimate of drug-likeness (QED) is 0.838. The molecule has 23 heavy (non-hydrogen) atoms. The molecule has 0 aromatic heterocycles. The van der Waals surface area contributed by atoms with Crippen molar-refractivity contribution in [3.63, 3.8) is 0 Å². The van der Waals surface area contributed by atoms with Gasteiger partial charge in [-0.15, -0.1) is 0 Å². The maximum atomic E-state index is 12.3. The fourth-order valence-electron chi connectivity index (χ4n) is 2.85. The van der Waals surface area contributed by atoms with Crippen LogP contribution in [-0.2, 0) is 14.3 Å². The summed E-state index contributed by atoms with van der Waals surface area (Å²) in [4.78, 5) is 27.9. The zero-order chi connectivity index (χ0) is 16.8. The van der Waals surface area contributed by atoms with E-state index < -0.39 is 0 Å². The molecule has 0 unspecified atom stereocenters. The Balaban J connectivity index is 2.07. The summed E-state index contributed by atoms with van der Waals surface area (Å²) in [7, 11) is 0. The van der Waals surface area contributed by atoms with Gasteiger partial charge in [-0.05, 0) is 17.5 Å². The molecule has 1 aliphatic rings. The maximum Gasteiger partial charge on any atom is 0.224 e. The summed E-state index contributed by atoms with van der Waals surface area (Å²) in [5.74, 6) is 0.373. The molecule has 0 atom stereocenters. The first-order valence-electron chi connectivity index (χ1n) is 8.23. The minimum Gasteiger partial charge on any atom is -0.378 e. The van der Waals surface area contributed by atoms with Crippen LogP contribution in [0.1, 0.15) is 38.7 Å². The molecule has 1 saturated heterocycles. The van der Waals surface area contributed by atoms with Gasteiger partial charge in [0.15, 0.2) is 0 Å². The van der Waals surface area contributed by atoms with Crippen molar-refractivity contribution in [3.05, 3.63) is 29.8 Å². The predicted molar refractivity (Wildman–Crippen MR) is 90.6 cm³/mol. The zero-order valence-electron chi connectivity index (χ0n) is 14.2. The van der Waals surface area contributed by atoms with Crippen LogP contribution >= 0.6 is 0 Å². The van der Waals surface area contributed by atoms with Crippen LogP contribution in [0.15, 0.2) is 24.3 Å². The number of ether oxygens (including phenoxy) is 1. The average molecular weight is 318 g/mol. The monoisotopic (exact) mass is 318 g/mol. The average Bonchev–Trinajstić information content (AvgIpc) is 2.55. The van der Waals surface area contributed by atoms with E-state index in [0.717, 1.165) is 11.3 Å². The van der Waals surface area contributed by atoms with E-state index >= 15 is 0 Å². The summed E-state index contributed by atoms with van der Waals surface area (Å²) in [5.41, 5.74) is 2.03. The molecule has 0 aliphatic carbocycles. The van der Waals surface area contributed by atoms with Crippen molar-refractivity contribution in [2.45, 2.75) is 33.1 Å². The van der Waals surface area contributed by atoms with Crippen molar-refractivity contribution in [2.24, 2.45) is 0 Å². The molecule has 0 bridgehead atoms. The number of amides is 2. The molecule has 0 spiro atoms. The third-order valence-electron chi connectivity index (χ3n) is 4.14. The van der Waals surface area contributed by atoms with Gasteiger partial charge in [0.25, 0.3) is 0 Å². The highest BCUT2D eigenvalue weighted by atomic mass is 16.5. The molecule has 0 saturated carbocycles. The number of hydrogen-bond donors (Lipinski definition) is 0. The topological polar surface area (TPSA) is 49.9 Å². The van der Waals surface area contributed by atoms with Gasteiger partial charge < -0.3 is 14.5 Å². The van der Waals surface area contributed by atoms with Gasteiger partial charge in [-0.3, -0.25) is 9.59 Å². The van der Waals surface area contributed by atoms with Crippen LogP contribution in [-0.4, -0.2) is 49.6 Å². The van der Waals surface area contributed by atoms with E-state index in [1.165, 1.54) is 0 Å². The van der Waals surface area contributed by atoms with Crippen LogP contribution in [0, 0.1) is 0 Å². The lowest BCUT2D eigenvalue weighted by molar-refractivity contribution is -0.135. The molecule has 5 heteroatoms. The summed E-state index contributed by atoms with van der Waals surface area (Å²) in [6.45, 7) is 8.65. The van der Waals surface area contributed by atoms with Gasteiger partial charge in [-0.25, -0.2) is 0 Å². The summed E-state index contributed by atoms with van der Waals surface area (Å²) < 4.78 is 5.27. The van der Waals surface area contributed by atoms with Gasteiger partial charge in [0.05, 0.1) is 13.2 Å². The standard InChI is InChI=1S/C18H26N2O3/c1-14(2)16-6-4-5-7-17(16)20(15(3)21)9-8-18(22)19-10-12-23-13-11-19/h4-7,14H,8-13H2,1-3H3. The number of nitrogens with zero attached hydrogens (tertiary/aromatic N) is 2. The summed E-state index contributed by atoms with van der Waals surface area (Å²) in [6.07, 6.45) is 0.339. The van der Waals surface area contributed by atoms with Gasteiger partial charge in [0.2, 0.25) is 11.8 Å². The first-order chi connectivity index (χ1) is 11.0. The molecule has 0 radical (unpaired) electrons. The zero-order valence-corrected chi connectivity index (χ0v) is 14.2. The van der Waals surface area contributed by atoms with Crippen LogP contribution in [0.4, 0.5) is 5.69 Å². The first-order valence-corrected chi connectivity index (χ1v) is 8.23. The second kappa shape index (κ2) is 8.11. The van der Waals surface area contributed by atoms with E-state index in [9.17, 15) is 9.59 Å². The van der Waals surface area contributed by atoms with E-state index in [2.05, 4.69) is 13.8 Å². The Morgan fingerprint density at radius 3 is 2.48 bits per heavy atom. The van der Waals surface area contributed by atoms with Crippen molar-refractivity contribution in [2.75, 3.05) is 37.7 Å². The Morgan fingerprint density at radius 1 is 1.22 bits per heavy atom. The normalized spacial score (nSPS) is 14.9. The number of benzene rings is 1. The Hall–Kier alpha value is -1.88. The van der Waals surface area contributed by atoms with E-state index in [4.69, 9.17) is 4.74 Å². The third kappa shape index (κ3) is 4.55. The Labute approximate surface area is 138 Å². The van der Waals surface area contributed by atoms with Crippen molar-refractivity contribution >= 4 is 17.5 Å². The van der Waals surface area contributed by atoms with Crippen LogP contribution < -0.4 is 4.90 Å². The summed E-state index contributed by atoms with van der Waals surface area (Å²) in [6, 6.07) is 7.91. The summed E-state index contributed by atoms with van der Waals surface area (Å²) >= 11 is 0. The number of carbonyl (C=O) groups excluding carboxylic acids is 2. The molecule has 2 rings (SSSR count). The van der Waals surface area contributed by atoms with Crippen LogP contribution in [0.5, 0.6) is 0 Å². The Kier molecular flexibility index (Phi) is 6.16. The molecule has 1 heterocycles. The second-order valence-electron chi connectivity index (χ2n) is 6.13. The first kappa shape index (κ1) is 17.5. The fraction of sp³-hybridized carbons (Fsp3) is 0.556. The van der Waals surface area contributed by atoms with E-state index in [1.54, 1.807) is 11.8 Å². The number of morpholine rings is 1. The third-order valence-corrected chi connectivity index (χ3v) is 4.14. The largest absolute Gasteiger partial charge is 0.378 e. The number of para-hydroxylation sites is 1. The highest BCUT2D eigenvalue weighted by Crippen LogP contribution is 2.27. The number of hydrogen-bond acceptors (Lipinski definition) is 3. The SMILES string of the molecule is CC(=O)N(CCC(=O)N1CCOCC1)c1ccccc1C(C)C. The van der Waals surface area contributed by atoms with Gasteiger partial charge >= 0.3 is 0 Å². The molecule has 5 nitrogen and oxygen atoms in total. The molecule has 1 aromatic carbocycles. The lowest BCUT2D eigenvalue weighted by Crippen LogP contribution is -2.42. The van der Waals surface area contributed by atoms with Crippen molar-refractivity contribution in [3.8, 4) is 0 Å². The van der Waals surface area contributed by atoms with Crippen LogP contribution in [0.25, 0.3) is 0 Å². The molecule has 1 aliphatic heterocycles. The van der Waals surface area contributed by atoms with Gasteiger partial charge in [0, 0.05) is 38.7 Å². The van der Waals surface area contributed by atoms with Gasteiger partial charge in [-0.1, -0.05) is 32.0 Å². The van der Waals surface area contributed by atoms with Crippen molar-refractivity contribution in [1.29, 1.82) is 0 Å². The molecular formula is C18H26N2O3. The smallest absolute Gasteiger partial charge is 0.224 e. The molecule has 0 N–H and O–H groups in total. The minimum atomic E-state index is -0.0344. The van der Waals surface area contributed by atoms with Crippen LogP contribution in [0.3, 0.4) is 0 Å². The van der Waals surface area contributed by atoms with Crippen LogP contribution in [0.2, 0.25) is 0 Å². The molecular weight excluding hydrogens is 292 g/mol. The molecule has 1 fully saturated rings. The van der Waals surface area contributed by atoms with E-state index in [-0.39, 0.29) is 11.8 Å². The molecule has 2 amide bonds. The second-order valence-corrected chi connectivity index (χ2v) is 6.13. The van der Waals surface area contributed by atoms with E-state index in [0.29, 0.717) is 45.2 Å². The van der Waals surface area contributed by atoms with Gasteiger partial charge in [0.1, 0.15) is 0 Å². The molecule has 1 aromatic rings. The van der Waals surface area contributed by atoms with Crippen molar-refractivity contribution < 1.29 is 14.3 Å². The fourth-order valence-corrected chi connectivity index (χ4v) is 2.85. The summed E-state index contributed by atoms with van der Waals surface area (Å²) in [5, 5.41) is 0. The minimum absolute atomic E-state index is 0.0344. The lowest BCUT2D eigenvalue weighted by Gasteiger charge is -2.29. The molecule has 126 valence electrons. The highest BCUT2D eigenvalue weighted by Gasteiger charge is 2.21. The Morgan fingerprint density at radius 2 is 1.87 bits per heavy atom. The van der Waals surface area contributed by atoms with Crippen molar-refractivity contribution in [1.82, 2.24) is 4.90 Å². The number of carbonyl (C=O) groups is 2. The number of anilines is 1. The van der Waals surface area contributed by atoms with E-state index in [1.807, 2.05) is 29.2 Å². The Bertz CT molecular complexity index is 551. The van der Waals surface area contributed by atoms with Gasteiger partial charge in [-0.2, -0.15) is 0 Å². The predicted octanol–water partition coefficient (Wildman–Crippen LogP) is 2.41.